The Morgan fingerprint density at radius 1 is 0.938 bits per heavy atom. The molecule has 32 heavy (non-hydrogen) atoms. The van der Waals surface area contributed by atoms with Gasteiger partial charge < -0.3 is 14.4 Å². The molecule has 1 heterocycles. The average Bonchev–Trinajstić information content (AvgIpc) is 2.83. The van der Waals surface area contributed by atoms with Crippen LogP contribution in [0.1, 0.15) is 21.6 Å². The molecule has 7 nitrogen and oxygen atoms in total. The number of benzene rings is 3. The molecule has 1 aromatic heterocycles. The summed E-state index contributed by atoms with van der Waals surface area (Å²) in [5, 5.41) is 7.36. The number of nitrogens with one attached hydrogen (secondary N) is 1. The zero-order valence-corrected chi connectivity index (χ0v) is 17.9. The zero-order valence-electron chi connectivity index (χ0n) is 17.9. The number of rotatable bonds is 7. The Hall–Kier alpha value is -4.13. The van der Waals surface area contributed by atoms with Gasteiger partial charge in [0.05, 0.1) is 12.5 Å². The summed E-state index contributed by atoms with van der Waals surface area (Å²) in [7, 11) is 3.27. The van der Waals surface area contributed by atoms with Crippen molar-refractivity contribution in [3.63, 3.8) is 0 Å². The predicted molar refractivity (Wildman–Crippen MR) is 122 cm³/mol. The lowest BCUT2D eigenvalue weighted by molar-refractivity contribution is 0.0780. The van der Waals surface area contributed by atoms with Crippen molar-refractivity contribution < 1.29 is 14.3 Å². The molecule has 0 atom stereocenters. The molecule has 0 bridgehead atoms. The molecular weight excluding hydrogens is 406 g/mol. The van der Waals surface area contributed by atoms with Crippen LogP contribution in [0.4, 0.5) is 0 Å². The highest BCUT2D eigenvalue weighted by Crippen LogP contribution is 2.29. The largest absolute Gasteiger partial charge is 0.493 e. The molecule has 0 fully saturated rings. The van der Waals surface area contributed by atoms with E-state index >= 15 is 0 Å². The molecule has 1 N–H and O–H groups in total. The topological polar surface area (TPSA) is 84.5 Å². The van der Waals surface area contributed by atoms with E-state index in [9.17, 15) is 9.59 Å². The summed E-state index contributed by atoms with van der Waals surface area (Å²) in [6.45, 7) is 0.767. The summed E-state index contributed by atoms with van der Waals surface area (Å²) in [4.78, 5) is 26.6. The number of aromatic nitrogens is 2. The van der Waals surface area contributed by atoms with Crippen molar-refractivity contribution in [2.24, 2.45) is 0 Å². The van der Waals surface area contributed by atoms with Crippen LogP contribution in [-0.4, -0.2) is 35.2 Å². The SMILES string of the molecule is COc1cc(CN(C)C(=O)c2n[nH]c(=O)c3ccccc23)ccc1OCc1ccccc1. The third kappa shape index (κ3) is 4.46. The van der Waals surface area contributed by atoms with Gasteiger partial charge in [0, 0.05) is 19.0 Å². The maximum absolute atomic E-state index is 13.0. The van der Waals surface area contributed by atoms with Gasteiger partial charge in [0.15, 0.2) is 17.2 Å². The van der Waals surface area contributed by atoms with E-state index < -0.39 is 0 Å². The van der Waals surface area contributed by atoms with Crippen LogP contribution in [0.15, 0.2) is 77.6 Å². The first-order valence-corrected chi connectivity index (χ1v) is 10.1. The second-order valence-corrected chi connectivity index (χ2v) is 7.37. The lowest BCUT2D eigenvalue weighted by Gasteiger charge is -2.19. The molecule has 1 amide bonds. The van der Waals surface area contributed by atoms with Crippen molar-refractivity contribution in [2.45, 2.75) is 13.2 Å². The van der Waals surface area contributed by atoms with Gasteiger partial charge in [-0.15, -0.1) is 0 Å². The number of carbonyl (C=O) groups is 1. The Bertz CT molecular complexity index is 1300. The molecule has 0 aliphatic heterocycles. The number of nitrogens with zero attached hydrogens (tertiary/aromatic N) is 2. The summed E-state index contributed by atoms with van der Waals surface area (Å²) in [5.74, 6) is 0.926. The summed E-state index contributed by atoms with van der Waals surface area (Å²) in [5.41, 5.74) is 1.82. The zero-order chi connectivity index (χ0) is 22.5. The number of ether oxygens (including phenoxy) is 2. The highest BCUT2D eigenvalue weighted by molar-refractivity contribution is 6.04. The molecule has 4 aromatic rings. The van der Waals surface area contributed by atoms with Gasteiger partial charge in [-0.05, 0) is 29.3 Å². The molecule has 0 saturated heterocycles. The quantitative estimate of drug-likeness (QED) is 0.483. The number of carbonyl (C=O) groups excluding carboxylic acids is 1. The number of aromatic amines is 1. The number of methoxy groups -OCH3 is 1. The lowest BCUT2D eigenvalue weighted by Crippen LogP contribution is -2.28. The fourth-order valence-corrected chi connectivity index (χ4v) is 3.47. The summed E-state index contributed by atoms with van der Waals surface area (Å²) in [6, 6.07) is 22.4. The minimum atomic E-state index is -0.323. The molecule has 0 saturated carbocycles. The number of H-pyrrole nitrogens is 1. The van der Waals surface area contributed by atoms with Crippen LogP contribution in [0.2, 0.25) is 0 Å². The third-order valence-electron chi connectivity index (χ3n) is 5.13. The Morgan fingerprint density at radius 2 is 1.66 bits per heavy atom. The van der Waals surface area contributed by atoms with Crippen LogP contribution in [-0.2, 0) is 13.2 Å². The molecule has 0 aliphatic carbocycles. The standard InChI is InChI=1S/C25H23N3O4/c1-28(25(30)23-19-10-6-7-11-20(19)24(29)27-26-23)15-18-12-13-21(22(14-18)31-2)32-16-17-8-4-3-5-9-17/h3-14H,15-16H2,1-2H3,(H,27,29). The maximum Gasteiger partial charge on any atom is 0.274 e. The first kappa shape index (κ1) is 21.1. The first-order valence-electron chi connectivity index (χ1n) is 10.1. The van der Waals surface area contributed by atoms with E-state index in [0.29, 0.717) is 35.4 Å². The van der Waals surface area contributed by atoms with E-state index in [-0.39, 0.29) is 17.2 Å². The second-order valence-electron chi connectivity index (χ2n) is 7.37. The van der Waals surface area contributed by atoms with Crippen molar-refractivity contribution in [3.8, 4) is 11.5 Å². The van der Waals surface area contributed by atoms with Crippen molar-refractivity contribution in [1.82, 2.24) is 15.1 Å². The Labute approximate surface area is 185 Å². The van der Waals surface area contributed by atoms with Crippen molar-refractivity contribution >= 4 is 16.7 Å². The van der Waals surface area contributed by atoms with Gasteiger partial charge in [-0.3, -0.25) is 9.59 Å². The van der Waals surface area contributed by atoms with E-state index in [1.807, 2.05) is 48.5 Å². The predicted octanol–water partition coefficient (Wildman–Crippen LogP) is 3.78. The molecule has 0 unspecified atom stereocenters. The van der Waals surface area contributed by atoms with E-state index in [0.717, 1.165) is 11.1 Å². The van der Waals surface area contributed by atoms with Crippen molar-refractivity contribution in [2.75, 3.05) is 14.2 Å². The fraction of sp³-hybridized carbons (Fsp3) is 0.160. The van der Waals surface area contributed by atoms with Crippen molar-refractivity contribution in [3.05, 3.63) is 100.0 Å². The van der Waals surface area contributed by atoms with E-state index in [2.05, 4.69) is 10.2 Å². The minimum absolute atomic E-state index is 0.206. The van der Waals surface area contributed by atoms with Crippen LogP contribution < -0.4 is 15.0 Å². The summed E-state index contributed by atoms with van der Waals surface area (Å²) in [6.07, 6.45) is 0. The highest BCUT2D eigenvalue weighted by atomic mass is 16.5. The van der Waals surface area contributed by atoms with E-state index in [1.165, 1.54) is 0 Å². The van der Waals surface area contributed by atoms with Gasteiger partial charge in [0.25, 0.3) is 11.5 Å². The van der Waals surface area contributed by atoms with Gasteiger partial charge in [-0.2, -0.15) is 5.10 Å². The van der Waals surface area contributed by atoms with Crippen LogP contribution in [0.5, 0.6) is 11.5 Å². The van der Waals surface area contributed by atoms with E-state index in [4.69, 9.17) is 9.47 Å². The van der Waals surface area contributed by atoms with Crippen LogP contribution >= 0.6 is 0 Å². The molecule has 3 aromatic carbocycles. The van der Waals surface area contributed by atoms with Crippen LogP contribution in [0.3, 0.4) is 0 Å². The van der Waals surface area contributed by atoms with Gasteiger partial charge in [0.2, 0.25) is 0 Å². The molecule has 0 aliphatic rings. The number of hydrogen-bond donors (Lipinski definition) is 1. The normalized spacial score (nSPS) is 10.7. The van der Waals surface area contributed by atoms with Crippen molar-refractivity contribution in [1.29, 1.82) is 0 Å². The highest BCUT2D eigenvalue weighted by Gasteiger charge is 2.19. The maximum atomic E-state index is 13.0. The van der Waals surface area contributed by atoms with Gasteiger partial charge in [0.1, 0.15) is 6.61 Å². The molecule has 162 valence electrons. The molecule has 0 spiro atoms. The Balaban J connectivity index is 1.51. The first-order chi connectivity index (χ1) is 15.6. The van der Waals surface area contributed by atoms with Crippen LogP contribution in [0, 0.1) is 0 Å². The Morgan fingerprint density at radius 3 is 2.41 bits per heavy atom. The monoisotopic (exact) mass is 429 g/mol. The lowest BCUT2D eigenvalue weighted by atomic mass is 10.1. The molecule has 4 rings (SSSR count). The average molecular weight is 429 g/mol. The fourth-order valence-electron chi connectivity index (χ4n) is 3.47. The Kier molecular flexibility index (Phi) is 6.17. The second kappa shape index (κ2) is 9.34. The number of hydrogen-bond acceptors (Lipinski definition) is 5. The molecular formula is C25H23N3O4. The van der Waals surface area contributed by atoms with Gasteiger partial charge >= 0.3 is 0 Å². The van der Waals surface area contributed by atoms with Gasteiger partial charge in [-0.25, -0.2) is 5.10 Å². The number of fused-ring (bicyclic) bond motifs is 1. The molecule has 0 radical (unpaired) electrons. The van der Waals surface area contributed by atoms with Gasteiger partial charge in [-0.1, -0.05) is 54.6 Å². The molecule has 7 heteroatoms. The summed E-state index contributed by atoms with van der Waals surface area (Å²) < 4.78 is 11.4. The van der Waals surface area contributed by atoms with Crippen LogP contribution in [0.25, 0.3) is 10.8 Å². The third-order valence-corrected chi connectivity index (χ3v) is 5.13. The smallest absolute Gasteiger partial charge is 0.274 e. The van der Waals surface area contributed by atoms with E-state index in [1.54, 1.807) is 43.3 Å². The summed E-state index contributed by atoms with van der Waals surface area (Å²) >= 11 is 0. The number of amides is 1. The minimum Gasteiger partial charge on any atom is -0.493 e.